The summed E-state index contributed by atoms with van der Waals surface area (Å²) in [5.74, 6) is 0.146. The fourth-order valence-corrected chi connectivity index (χ4v) is 5.31. The van der Waals surface area contributed by atoms with Gasteiger partial charge in [0, 0.05) is 48.3 Å². The highest BCUT2D eigenvalue weighted by Gasteiger charge is 2.30. The Balaban J connectivity index is 1.49. The van der Waals surface area contributed by atoms with Crippen LogP contribution in [-0.2, 0) is 11.2 Å². The van der Waals surface area contributed by atoms with E-state index in [4.69, 9.17) is 10.7 Å². The highest BCUT2D eigenvalue weighted by molar-refractivity contribution is 6.03. The molecule has 3 aromatic rings. The molecular formula is C27H31FN6O3. The van der Waals surface area contributed by atoms with Gasteiger partial charge >= 0.3 is 0 Å². The molecule has 2 unspecified atom stereocenters. The van der Waals surface area contributed by atoms with Crippen molar-refractivity contribution in [3.05, 3.63) is 64.9 Å². The Morgan fingerprint density at radius 3 is 2.59 bits per heavy atom. The molecule has 0 radical (unpaired) electrons. The lowest BCUT2D eigenvalue weighted by molar-refractivity contribution is -0.107. The largest absolute Gasteiger partial charge is 0.389 e. The van der Waals surface area contributed by atoms with E-state index < -0.39 is 12.3 Å². The second kappa shape index (κ2) is 10.5. The SMILES string of the molecule is CC(O)C(O)N1CCC(c2nc3c(C4=CN=C(c5ccccc5F)CC4)cnn3c(N)c2CC=O)CC1. The van der Waals surface area contributed by atoms with Crippen molar-refractivity contribution in [2.45, 2.75) is 57.3 Å². The number of anilines is 1. The second-order valence-corrected chi connectivity index (χ2v) is 9.70. The van der Waals surface area contributed by atoms with Crippen LogP contribution in [0.4, 0.5) is 10.2 Å². The van der Waals surface area contributed by atoms with Gasteiger partial charge in [-0.25, -0.2) is 9.37 Å². The molecule has 1 saturated heterocycles. The molecule has 2 aliphatic rings. The molecule has 1 aromatic carbocycles. The number of hydrogen-bond donors (Lipinski definition) is 3. The number of halogens is 1. The monoisotopic (exact) mass is 506 g/mol. The van der Waals surface area contributed by atoms with Crippen molar-refractivity contribution < 1.29 is 19.4 Å². The maximum absolute atomic E-state index is 14.2. The molecule has 5 rings (SSSR count). The Morgan fingerprint density at radius 2 is 1.95 bits per heavy atom. The van der Waals surface area contributed by atoms with Crippen LogP contribution in [0.15, 0.2) is 41.7 Å². The van der Waals surface area contributed by atoms with Crippen molar-refractivity contribution in [1.82, 2.24) is 19.5 Å². The Labute approximate surface area is 214 Å². The fourth-order valence-electron chi connectivity index (χ4n) is 5.31. The number of aliphatic hydroxyl groups excluding tert-OH is 2. The Morgan fingerprint density at radius 1 is 1.19 bits per heavy atom. The van der Waals surface area contributed by atoms with Crippen LogP contribution in [0, 0.1) is 5.82 Å². The zero-order valence-electron chi connectivity index (χ0n) is 20.7. The summed E-state index contributed by atoms with van der Waals surface area (Å²) < 4.78 is 15.8. The maximum atomic E-state index is 14.2. The Bertz CT molecular complexity index is 1370. The lowest BCUT2D eigenvalue weighted by atomic mass is 9.89. The number of aliphatic imine (C=N–C) groups is 1. The molecule has 0 saturated carbocycles. The van der Waals surface area contributed by atoms with Crippen molar-refractivity contribution >= 4 is 29.0 Å². The summed E-state index contributed by atoms with van der Waals surface area (Å²) in [6.45, 7) is 2.75. The maximum Gasteiger partial charge on any atom is 0.165 e. The number of piperidine rings is 1. The van der Waals surface area contributed by atoms with Crippen molar-refractivity contribution in [3.63, 3.8) is 0 Å². The predicted octanol–water partition coefficient (Wildman–Crippen LogP) is 2.69. The molecule has 194 valence electrons. The molecule has 2 aliphatic heterocycles. The predicted molar refractivity (Wildman–Crippen MR) is 139 cm³/mol. The Kier molecular flexibility index (Phi) is 7.14. The molecule has 2 aromatic heterocycles. The van der Waals surface area contributed by atoms with Crippen LogP contribution in [0.5, 0.6) is 0 Å². The van der Waals surface area contributed by atoms with Gasteiger partial charge in [0.2, 0.25) is 0 Å². The van der Waals surface area contributed by atoms with Gasteiger partial charge in [-0.1, -0.05) is 18.2 Å². The first-order chi connectivity index (χ1) is 17.9. The van der Waals surface area contributed by atoms with Crippen molar-refractivity contribution in [1.29, 1.82) is 0 Å². The van der Waals surface area contributed by atoms with E-state index >= 15 is 0 Å². The molecule has 0 amide bonds. The van der Waals surface area contributed by atoms with E-state index in [1.54, 1.807) is 42.0 Å². The van der Waals surface area contributed by atoms with Gasteiger partial charge in [0.25, 0.3) is 0 Å². The average molecular weight is 507 g/mol. The smallest absolute Gasteiger partial charge is 0.165 e. The van der Waals surface area contributed by atoms with Gasteiger partial charge in [-0.2, -0.15) is 9.61 Å². The summed E-state index contributed by atoms with van der Waals surface area (Å²) in [4.78, 5) is 22.9. The number of likely N-dealkylation sites (tertiary alicyclic amines) is 1. The fraction of sp³-hybridized carbons (Fsp3) is 0.407. The van der Waals surface area contributed by atoms with Gasteiger partial charge in [0.05, 0.1) is 23.7 Å². The van der Waals surface area contributed by atoms with Gasteiger partial charge in [0.1, 0.15) is 24.1 Å². The van der Waals surface area contributed by atoms with E-state index in [0.717, 1.165) is 23.1 Å². The quantitative estimate of drug-likeness (QED) is 0.420. The number of aldehydes is 1. The number of benzene rings is 1. The first-order valence-corrected chi connectivity index (χ1v) is 12.6. The highest BCUT2D eigenvalue weighted by atomic mass is 19.1. The van der Waals surface area contributed by atoms with Gasteiger partial charge in [0.15, 0.2) is 5.65 Å². The lowest BCUT2D eigenvalue weighted by Gasteiger charge is -2.36. The number of hydrogen-bond acceptors (Lipinski definition) is 8. The summed E-state index contributed by atoms with van der Waals surface area (Å²) in [7, 11) is 0. The third-order valence-corrected chi connectivity index (χ3v) is 7.36. The molecule has 2 atom stereocenters. The topological polar surface area (TPSA) is 129 Å². The van der Waals surface area contributed by atoms with Gasteiger partial charge in [-0.15, -0.1) is 0 Å². The third-order valence-electron chi connectivity index (χ3n) is 7.36. The summed E-state index contributed by atoms with van der Waals surface area (Å²) >= 11 is 0. The number of fused-ring (bicyclic) bond motifs is 1. The van der Waals surface area contributed by atoms with Crippen molar-refractivity contribution in [3.8, 4) is 0 Å². The molecule has 0 spiro atoms. The van der Waals surface area contributed by atoms with Crippen molar-refractivity contribution in [2.75, 3.05) is 18.8 Å². The van der Waals surface area contributed by atoms with E-state index in [9.17, 15) is 19.4 Å². The number of aromatic nitrogens is 3. The van der Waals surface area contributed by atoms with E-state index in [1.807, 2.05) is 4.90 Å². The average Bonchev–Trinajstić information content (AvgIpc) is 3.34. The zero-order valence-corrected chi connectivity index (χ0v) is 20.7. The van der Waals surface area contributed by atoms with Crippen LogP contribution in [-0.4, -0.2) is 67.1 Å². The minimum Gasteiger partial charge on any atom is -0.389 e. The van der Waals surface area contributed by atoms with E-state index in [1.165, 1.54) is 6.07 Å². The minimum absolute atomic E-state index is 0.0495. The molecular weight excluding hydrogens is 475 g/mol. The zero-order chi connectivity index (χ0) is 26.1. The summed E-state index contributed by atoms with van der Waals surface area (Å²) in [5.41, 5.74) is 11.5. The number of aliphatic hydroxyl groups is 2. The first kappa shape index (κ1) is 25.2. The molecule has 10 heteroatoms. The molecule has 1 fully saturated rings. The first-order valence-electron chi connectivity index (χ1n) is 12.6. The number of rotatable bonds is 7. The van der Waals surface area contributed by atoms with Gasteiger partial charge in [-0.3, -0.25) is 9.89 Å². The molecule has 4 heterocycles. The van der Waals surface area contributed by atoms with E-state index in [-0.39, 0.29) is 18.2 Å². The minimum atomic E-state index is -0.912. The summed E-state index contributed by atoms with van der Waals surface area (Å²) in [6, 6.07) is 6.63. The summed E-state index contributed by atoms with van der Waals surface area (Å²) in [6.07, 6.45) is 5.31. The van der Waals surface area contributed by atoms with Crippen LogP contribution in [0.1, 0.15) is 60.9 Å². The summed E-state index contributed by atoms with van der Waals surface area (Å²) in [5, 5.41) is 24.4. The third kappa shape index (κ3) is 4.79. The van der Waals surface area contributed by atoms with Crippen molar-refractivity contribution in [2.24, 2.45) is 4.99 Å². The van der Waals surface area contributed by atoms with Crippen LogP contribution in [0.3, 0.4) is 0 Å². The normalized spacial score (nSPS) is 18.9. The van der Waals surface area contributed by atoms with Gasteiger partial charge in [-0.05, 0) is 44.2 Å². The molecule has 9 nitrogen and oxygen atoms in total. The van der Waals surface area contributed by atoms with E-state index in [2.05, 4.69) is 10.1 Å². The van der Waals surface area contributed by atoms with E-state index in [0.29, 0.717) is 67.1 Å². The molecule has 4 N–H and O–H groups in total. The number of allylic oxidation sites excluding steroid dienone is 1. The Hall–Kier alpha value is -3.47. The van der Waals surface area contributed by atoms with Crippen LogP contribution in [0.25, 0.3) is 11.2 Å². The van der Waals surface area contributed by atoms with Crippen LogP contribution >= 0.6 is 0 Å². The number of carbonyl (C=O) groups excluding carboxylic acids is 1. The second-order valence-electron chi connectivity index (χ2n) is 9.70. The van der Waals surface area contributed by atoms with Gasteiger partial charge < -0.3 is 20.7 Å². The molecule has 0 aliphatic carbocycles. The number of carbonyl (C=O) groups is 1. The molecule has 37 heavy (non-hydrogen) atoms. The number of nitrogens with two attached hydrogens (primary N) is 1. The van der Waals surface area contributed by atoms with Crippen LogP contribution < -0.4 is 5.73 Å². The number of nitrogen functional groups attached to an aromatic ring is 1. The lowest BCUT2D eigenvalue weighted by Crippen LogP contribution is -2.46. The highest BCUT2D eigenvalue weighted by Crippen LogP contribution is 2.35. The molecule has 0 bridgehead atoms. The number of nitrogens with zero attached hydrogens (tertiary/aromatic N) is 5. The van der Waals surface area contributed by atoms with Crippen LogP contribution in [0.2, 0.25) is 0 Å². The standard InChI is InChI=1S/C27H31FN6O3/c1-16(36)27(37)33-11-8-17(9-12-33)24-20(10-13-35)25(29)34-26(32-24)21(15-31-34)18-6-7-23(30-14-18)19-4-2-3-5-22(19)28/h2-5,13-17,27,36-37H,6-12,29H2,1H3.